The number of hydrogen-bond acceptors (Lipinski definition) is 4. The zero-order valence-corrected chi connectivity index (χ0v) is 18.1. The molecular weight excluding hydrogens is 363 g/mol. The van der Waals surface area contributed by atoms with E-state index in [-0.39, 0.29) is 40.2 Å². The third-order valence-electron chi connectivity index (χ3n) is 3.94. The van der Waals surface area contributed by atoms with E-state index >= 15 is 0 Å². The van der Waals surface area contributed by atoms with E-state index in [0.29, 0.717) is 11.5 Å². The predicted molar refractivity (Wildman–Crippen MR) is 94.7 cm³/mol. The van der Waals surface area contributed by atoms with Crippen molar-refractivity contribution in [2.45, 2.75) is 50.3 Å². The molecule has 0 aliphatic heterocycles. The Morgan fingerprint density at radius 1 is 1.00 bits per heavy atom. The molecule has 0 amide bonds. The minimum atomic E-state index is -4.23. The summed E-state index contributed by atoms with van der Waals surface area (Å²) in [7, 11) is -4.23. The number of unbranched alkanes of at least 4 members (excludes halogenated alkanes) is 4. The van der Waals surface area contributed by atoms with Crippen LogP contribution in [0.15, 0.2) is 47.4 Å². The molecule has 2 aromatic rings. The van der Waals surface area contributed by atoms with Gasteiger partial charge in [-0.25, -0.2) is 0 Å². The molecular formula is C19H23NaO5S. The van der Waals surface area contributed by atoms with Crippen molar-refractivity contribution in [2.75, 3.05) is 0 Å². The van der Waals surface area contributed by atoms with E-state index in [9.17, 15) is 13.5 Å². The molecule has 136 valence electrons. The SMILES string of the molecule is CCCCCCCc1ccc([O-])cc1Oc1ccc(S(=O)(=O)O)cc1.[Na+]. The van der Waals surface area contributed by atoms with Crippen LogP contribution in [-0.2, 0) is 16.5 Å². The number of hydrogen-bond donors (Lipinski definition) is 1. The topological polar surface area (TPSA) is 86.7 Å². The zero-order valence-electron chi connectivity index (χ0n) is 15.3. The van der Waals surface area contributed by atoms with Crippen LogP contribution in [0.3, 0.4) is 0 Å². The number of ether oxygens (including phenoxy) is 1. The molecule has 2 aromatic carbocycles. The monoisotopic (exact) mass is 386 g/mol. The van der Waals surface area contributed by atoms with E-state index in [1.165, 1.54) is 55.7 Å². The van der Waals surface area contributed by atoms with Crippen LogP contribution in [0.4, 0.5) is 0 Å². The molecule has 0 aromatic heterocycles. The summed E-state index contributed by atoms with van der Waals surface area (Å²) in [6, 6.07) is 10.2. The quantitative estimate of drug-likeness (QED) is 0.399. The van der Waals surface area contributed by atoms with E-state index in [2.05, 4.69) is 6.92 Å². The first-order chi connectivity index (χ1) is 11.9. The van der Waals surface area contributed by atoms with Gasteiger partial charge >= 0.3 is 29.6 Å². The normalized spacial score (nSPS) is 11.0. The van der Waals surface area contributed by atoms with Crippen LogP contribution in [0, 0.1) is 0 Å². The molecule has 0 aliphatic rings. The fourth-order valence-electron chi connectivity index (χ4n) is 2.56. The molecule has 0 fully saturated rings. The van der Waals surface area contributed by atoms with Gasteiger partial charge in [0.05, 0.1) is 4.90 Å². The maximum absolute atomic E-state index is 11.6. The standard InChI is InChI=1S/C19H24O5S.Na/c1-2-3-4-5-6-7-15-8-9-16(20)14-19(15)24-17-10-12-18(13-11-17)25(21,22)23;/h8-14,20H,2-7H2,1H3,(H,21,22,23);/q;+1/p-1. The van der Waals surface area contributed by atoms with Crippen molar-refractivity contribution in [3.05, 3.63) is 48.0 Å². The van der Waals surface area contributed by atoms with Crippen LogP contribution < -0.4 is 39.4 Å². The molecule has 0 bridgehead atoms. The van der Waals surface area contributed by atoms with E-state index in [4.69, 9.17) is 9.29 Å². The molecule has 0 saturated carbocycles. The minimum Gasteiger partial charge on any atom is -0.872 e. The van der Waals surface area contributed by atoms with Crippen molar-refractivity contribution >= 4 is 10.1 Å². The molecule has 1 N–H and O–H groups in total. The van der Waals surface area contributed by atoms with Crippen LogP contribution in [0.2, 0.25) is 0 Å². The van der Waals surface area contributed by atoms with Crippen LogP contribution >= 0.6 is 0 Å². The summed E-state index contributed by atoms with van der Waals surface area (Å²) < 4.78 is 36.9. The van der Waals surface area contributed by atoms with Gasteiger partial charge in [0.15, 0.2) is 0 Å². The summed E-state index contributed by atoms with van der Waals surface area (Å²) in [5.74, 6) is 0.757. The van der Waals surface area contributed by atoms with Gasteiger partial charge in [-0.3, -0.25) is 4.55 Å². The van der Waals surface area contributed by atoms with Crippen molar-refractivity contribution in [1.82, 2.24) is 0 Å². The van der Waals surface area contributed by atoms with Gasteiger partial charge in [0.1, 0.15) is 11.5 Å². The van der Waals surface area contributed by atoms with Crippen LogP contribution in [0.1, 0.15) is 44.6 Å². The Morgan fingerprint density at radius 3 is 2.27 bits per heavy atom. The second-order valence-electron chi connectivity index (χ2n) is 5.98. The summed E-state index contributed by atoms with van der Waals surface area (Å²) in [6.45, 7) is 2.17. The van der Waals surface area contributed by atoms with Gasteiger partial charge in [0.2, 0.25) is 0 Å². The fraction of sp³-hybridized carbons (Fsp3) is 0.368. The molecule has 0 spiro atoms. The summed E-state index contributed by atoms with van der Waals surface area (Å²) >= 11 is 0. The molecule has 0 aliphatic carbocycles. The number of benzene rings is 2. The fourth-order valence-corrected chi connectivity index (χ4v) is 3.04. The first-order valence-electron chi connectivity index (χ1n) is 8.45. The van der Waals surface area contributed by atoms with Crippen LogP contribution in [0.5, 0.6) is 17.2 Å². The van der Waals surface area contributed by atoms with Crippen molar-refractivity contribution in [3.8, 4) is 17.2 Å². The maximum Gasteiger partial charge on any atom is 1.00 e. The molecule has 26 heavy (non-hydrogen) atoms. The van der Waals surface area contributed by atoms with Crippen molar-refractivity contribution in [2.24, 2.45) is 0 Å². The van der Waals surface area contributed by atoms with Crippen molar-refractivity contribution in [1.29, 1.82) is 0 Å². The molecule has 0 radical (unpaired) electrons. The third-order valence-corrected chi connectivity index (χ3v) is 4.81. The van der Waals surface area contributed by atoms with E-state index < -0.39 is 10.1 Å². The van der Waals surface area contributed by atoms with E-state index in [1.54, 1.807) is 6.07 Å². The number of aryl methyl sites for hydroxylation is 1. The molecule has 5 nitrogen and oxygen atoms in total. The average Bonchev–Trinajstić information content (AvgIpc) is 2.56. The van der Waals surface area contributed by atoms with Gasteiger partial charge in [0.25, 0.3) is 10.1 Å². The Kier molecular flexibility index (Phi) is 9.68. The van der Waals surface area contributed by atoms with E-state index in [0.717, 1.165) is 24.8 Å². The van der Waals surface area contributed by atoms with E-state index in [1.807, 2.05) is 0 Å². The summed E-state index contributed by atoms with van der Waals surface area (Å²) in [4.78, 5) is -0.200. The third kappa shape index (κ3) is 7.29. The predicted octanol–water partition coefficient (Wildman–Crippen LogP) is 1.32. The summed E-state index contributed by atoms with van der Waals surface area (Å²) in [5, 5.41) is 11.6. The maximum atomic E-state index is 11.6. The molecule has 2 rings (SSSR count). The molecule has 7 heteroatoms. The zero-order chi connectivity index (χ0) is 18.3. The Balaban J connectivity index is 0.00000338. The van der Waals surface area contributed by atoms with Gasteiger partial charge in [-0.05, 0) is 48.7 Å². The van der Waals surface area contributed by atoms with Gasteiger partial charge in [-0.15, -0.1) is 5.75 Å². The van der Waals surface area contributed by atoms with Gasteiger partial charge in [-0.1, -0.05) is 44.7 Å². The largest absolute Gasteiger partial charge is 1.00 e. The smallest absolute Gasteiger partial charge is 0.872 e. The van der Waals surface area contributed by atoms with Crippen LogP contribution in [0.25, 0.3) is 0 Å². The average molecular weight is 386 g/mol. The first-order valence-corrected chi connectivity index (χ1v) is 9.89. The van der Waals surface area contributed by atoms with Crippen LogP contribution in [-0.4, -0.2) is 13.0 Å². The number of rotatable bonds is 9. The minimum absolute atomic E-state index is 0. The molecule has 0 unspecified atom stereocenters. The summed E-state index contributed by atoms with van der Waals surface area (Å²) in [5.41, 5.74) is 0.954. The van der Waals surface area contributed by atoms with Gasteiger partial charge in [-0.2, -0.15) is 8.42 Å². The Hall–Kier alpha value is -1.05. The molecule has 0 heterocycles. The van der Waals surface area contributed by atoms with Crippen molar-refractivity contribution in [3.63, 3.8) is 0 Å². The molecule has 0 saturated heterocycles. The second-order valence-corrected chi connectivity index (χ2v) is 7.40. The summed E-state index contributed by atoms with van der Waals surface area (Å²) in [6.07, 6.45) is 6.60. The van der Waals surface area contributed by atoms with Crippen molar-refractivity contribution < 1.29 is 52.4 Å². The Labute approximate surface area is 177 Å². The molecule has 0 atom stereocenters. The Bertz CT molecular complexity index is 788. The first kappa shape index (κ1) is 23.0. The second kappa shape index (κ2) is 10.9. The van der Waals surface area contributed by atoms with Gasteiger partial charge in [0, 0.05) is 0 Å². The van der Waals surface area contributed by atoms with Gasteiger partial charge < -0.3 is 9.84 Å². The Morgan fingerprint density at radius 2 is 1.65 bits per heavy atom.